The van der Waals surface area contributed by atoms with Crippen LogP contribution in [-0.2, 0) is 14.3 Å². The standard InChI is InChI=1S/C28H24ClN3O5/c1-3-14-37-28(36)19-7-5-9-22(16-19)32-26(34)23(29)24(27(32)35)30-21-8-4-6-18(15-21)25(33)31-20-12-10-17(2)11-13-20/h4-13,15-16,30H,3,14H2,1-2H3,(H,31,33). The van der Waals surface area contributed by atoms with E-state index in [-0.39, 0.29) is 34.5 Å². The summed E-state index contributed by atoms with van der Waals surface area (Å²) in [7, 11) is 0. The Morgan fingerprint density at radius 3 is 2.32 bits per heavy atom. The summed E-state index contributed by atoms with van der Waals surface area (Å²) in [5.74, 6) is -2.32. The molecule has 0 bridgehead atoms. The van der Waals surface area contributed by atoms with Crippen molar-refractivity contribution in [3.63, 3.8) is 0 Å². The average molecular weight is 518 g/mol. The van der Waals surface area contributed by atoms with E-state index in [0.717, 1.165) is 10.5 Å². The van der Waals surface area contributed by atoms with E-state index in [1.807, 2.05) is 26.0 Å². The number of carbonyl (C=O) groups is 4. The van der Waals surface area contributed by atoms with Gasteiger partial charge in [-0.3, -0.25) is 14.4 Å². The molecule has 3 aromatic rings. The lowest BCUT2D eigenvalue weighted by Gasteiger charge is -2.16. The number of amides is 3. The number of anilines is 3. The van der Waals surface area contributed by atoms with Gasteiger partial charge in [-0.1, -0.05) is 48.4 Å². The highest BCUT2D eigenvalue weighted by atomic mass is 35.5. The first-order valence-corrected chi connectivity index (χ1v) is 12.0. The number of hydrogen-bond donors (Lipinski definition) is 2. The van der Waals surface area contributed by atoms with Gasteiger partial charge in [0.1, 0.15) is 10.7 Å². The van der Waals surface area contributed by atoms with E-state index in [1.54, 1.807) is 42.5 Å². The van der Waals surface area contributed by atoms with E-state index in [9.17, 15) is 19.2 Å². The maximum absolute atomic E-state index is 13.2. The number of imide groups is 1. The number of carbonyl (C=O) groups excluding carboxylic acids is 4. The third-order valence-corrected chi connectivity index (χ3v) is 5.86. The molecule has 0 radical (unpaired) electrons. The Morgan fingerprint density at radius 2 is 1.59 bits per heavy atom. The highest BCUT2D eigenvalue weighted by Gasteiger charge is 2.39. The second kappa shape index (κ2) is 11.1. The normalized spacial score (nSPS) is 13.1. The molecule has 0 saturated heterocycles. The summed E-state index contributed by atoms with van der Waals surface area (Å²) in [6.07, 6.45) is 0.665. The summed E-state index contributed by atoms with van der Waals surface area (Å²) in [6, 6.07) is 19.9. The number of aryl methyl sites for hydroxylation is 1. The number of halogens is 1. The zero-order valence-corrected chi connectivity index (χ0v) is 21.0. The van der Waals surface area contributed by atoms with Crippen molar-refractivity contribution >= 4 is 52.4 Å². The molecule has 188 valence electrons. The van der Waals surface area contributed by atoms with Crippen LogP contribution in [0.3, 0.4) is 0 Å². The van der Waals surface area contributed by atoms with E-state index in [0.29, 0.717) is 23.4 Å². The molecule has 0 saturated carbocycles. The molecule has 4 rings (SSSR count). The molecule has 8 nitrogen and oxygen atoms in total. The Bertz CT molecular complexity index is 1420. The first-order valence-electron chi connectivity index (χ1n) is 11.6. The van der Waals surface area contributed by atoms with Gasteiger partial charge < -0.3 is 15.4 Å². The fourth-order valence-electron chi connectivity index (χ4n) is 3.62. The Balaban J connectivity index is 1.51. The molecule has 1 aliphatic heterocycles. The molecular formula is C28H24ClN3O5. The number of benzene rings is 3. The predicted octanol–water partition coefficient (Wildman–Crippen LogP) is 5.25. The highest BCUT2D eigenvalue weighted by molar-refractivity contribution is 6.53. The fraction of sp³-hybridized carbons (Fsp3) is 0.143. The minimum absolute atomic E-state index is 0.137. The van der Waals surface area contributed by atoms with E-state index in [1.165, 1.54) is 18.2 Å². The van der Waals surface area contributed by atoms with E-state index < -0.39 is 17.8 Å². The molecule has 0 atom stereocenters. The molecule has 0 aromatic heterocycles. The van der Waals surface area contributed by atoms with Gasteiger partial charge in [0.15, 0.2) is 0 Å². The minimum Gasteiger partial charge on any atom is -0.462 e. The summed E-state index contributed by atoms with van der Waals surface area (Å²) in [4.78, 5) is 51.9. The van der Waals surface area contributed by atoms with Gasteiger partial charge in [0.2, 0.25) is 0 Å². The Labute approximate surface area is 218 Å². The van der Waals surface area contributed by atoms with Gasteiger partial charge in [-0.2, -0.15) is 0 Å². The first-order chi connectivity index (χ1) is 17.8. The second-order valence-corrected chi connectivity index (χ2v) is 8.72. The largest absolute Gasteiger partial charge is 0.462 e. The molecule has 0 aliphatic carbocycles. The summed E-state index contributed by atoms with van der Waals surface area (Å²) in [5, 5.41) is 5.37. The van der Waals surface area contributed by atoms with Crippen molar-refractivity contribution in [2.75, 3.05) is 22.1 Å². The number of rotatable bonds is 8. The Kier molecular flexibility index (Phi) is 7.69. The van der Waals surface area contributed by atoms with Gasteiger partial charge in [0.05, 0.1) is 17.9 Å². The van der Waals surface area contributed by atoms with Crippen molar-refractivity contribution in [3.8, 4) is 0 Å². The van der Waals surface area contributed by atoms with Crippen LogP contribution in [0.4, 0.5) is 17.1 Å². The monoisotopic (exact) mass is 517 g/mol. The smallest absolute Gasteiger partial charge is 0.338 e. The SMILES string of the molecule is CCCOC(=O)c1cccc(N2C(=O)C(Cl)=C(Nc3cccc(C(=O)Nc4ccc(C)cc4)c3)C2=O)c1. The molecule has 0 unspecified atom stereocenters. The molecular weight excluding hydrogens is 494 g/mol. The first kappa shape index (κ1) is 25.7. The van der Waals surface area contributed by atoms with Crippen LogP contribution in [0.5, 0.6) is 0 Å². The summed E-state index contributed by atoms with van der Waals surface area (Å²) < 4.78 is 5.13. The van der Waals surface area contributed by atoms with Gasteiger partial charge in [-0.25, -0.2) is 9.69 Å². The molecule has 3 aromatic carbocycles. The number of nitrogens with zero attached hydrogens (tertiary/aromatic N) is 1. The third kappa shape index (κ3) is 5.70. The molecule has 0 spiro atoms. The van der Waals surface area contributed by atoms with Crippen LogP contribution < -0.4 is 15.5 Å². The van der Waals surface area contributed by atoms with Crippen molar-refractivity contribution in [2.24, 2.45) is 0 Å². The summed E-state index contributed by atoms with van der Waals surface area (Å²) >= 11 is 6.25. The number of ether oxygens (including phenoxy) is 1. The fourth-order valence-corrected chi connectivity index (χ4v) is 3.83. The maximum atomic E-state index is 13.2. The van der Waals surface area contributed by atoms with Crippen molar-refractivity contribution in [3.05, 3.63) is 100 Å². The molecule has 1 aliphatic rings. The lowest BCUT2D eigenvalue weighted by atomic mass is 10.1. The Morgan fingerprint density at radius 1 is 0.892 bits per heavy atom. The topological polar surface area (TPSA) is 105 Å². The van der Waals surface area contributed by atoms with E-state index in [4.69, 9.17) is 16.3 Å². The van der Waals surface area contributed by atoms with Crippen LogP contribution in [0, 0.1) is 6.92 Å². The van der Waals surface area contributed by atoms with Crippen molar-refractivity contribution < 1.29 is 23.9 Å². The van der Waals surface area contributed by atoms with E-state index >= 15 is 0 Å². The molecule has 1 heterocycles. The minimum atomic E-state index is -0.735. The van der Waals surface area contributed by atoms with Crippen LogP contribution in [0.25, 0.3) is 0 Å². The zero-order valence-electron chi connectivity index (χ0n) is 20.2. The highest BCUT2D eigenvalue weighted by Crippen LogP contribution is 2.31. The molecule has 37 heavy (non-hydrogen) atoms. The molecule has 0 fully saturated rings. The van der Waals surface area contributed by atoms with Crippen LogP contribution in [0.1, 0.15) is 39.6 Å². The number of esters is 1. The van der Waals surface area contributed by atoms with E-state index in [2.05, 4.69) is 10.6 Å². The molecule has 9 heteroatoms. The lowest BCUT2D eigenvalue weighted by molar-refractivity contribution is -0.120. The summed E-state index contributed by atoms with van der Waals surface area (Å²) in [5.41, 5.74) is 2.70. The number of hydrogen-bond acceptors (Lipinski definition) is 6. The summed E-state index contributed by atoms with van der Waals surface area (Å²) in [6.45, 7) is 4.09. The van der Waals surface area contributed by atoms with Gasteiger partial charge in [0.25, 0.3) is 17.7 Å². The lowest BCUT2D eigenvalue weighted by Crippen LogP contribution is -2.32. The van der Waals surface area contributed by atoms with Gasteiger partial charge in [0, 0.05) is 16.9 Å². The van der Waals surface area contributed by atoms with Crippen LogP contribution in [0.2, 0.25) is 0 Å². The predicted molar refractivity (Wildman–Crippen MR) is 142 cm³/mol. The number of nitrogens with one attached hydrogen (secondary N) is 2. The molecule has 3 amide bonds. The van der Waals surface area contributed by atoms with Crippen LogP contribution in [0.15, 0.2) is 83.5 Å². The van der Waals surface area contributed by atoms with Gasteiger partial charge in [-0.15, -0.1) is 0 Å². The third-order valence-electron chi connectivity index (χ3n) is 5.51. The van der Waals surface area contributed by atoms with Gasteiger partial charge >= 0.3 is 5.97 Å². The maximum Gasteiger partial charge on any atom is 0.338 e. The Hall–Kier alpha value is -4.43. The average Bonchev–Trinajstić information content (AvgIpc) is 3.11. The van der Waals surface area contributed by atoms with Crippen LogP contribution in [-0.4, -0.2) is 30.3 Å². The van der Waals surface area contributed by atoms with Crippen molar-refractivity contribution in [2.45, 2.75) is 20.3 Å². The van der Waals surface area contributed by atoms with Crippen molar-refractivity contribution in [1.29, 1.82) is 0 Å². The quantitative estimate of drug-likeness (QED) is 0.312. The zero-order chi connectivity index (χ0) is 26.5. The van der Waals surface area contributed by atoms with Gasteiger partial charge in [-0.05, 0) is 61.9 Å². The van der Waals surface area contributed by atoms with Crippen molar-refractivity contribution in [1.82, 2.24) is 0 Å². The molecule has 2 N–H and O–H groups in total. The van der Waals surface area contributed by atoms with Crippen LogP contribution >= 0.6 is 11.6 Å². The second-order valence-electron chi connectivity index (χ2n) is 8.35.